The maximum atomic E-state index is 11.4. The zero-order valence-corrected chi connectivity index (χ0v) is 10.4. The standard InChI is InChI=1S/C9H10BrN3O.ClH/c1-5-4-6(2-3-7(5)10)8(14)13-9(11)12;/h2-4H,1H3,(H4,11,12,13,14);1H. The number of amides is 1. The Labute approximate surface area is 102 Å². The second-order valence-electron chi connectivity index (χ2n) is 2.81. The SMILES string of the molecule is Cc1cc(C(=O)N=C(N)N)ccc1Br.Cl. The molecule has 1 aromatic carbocycles. The molecule has 0 aromatic heterocycles. The number of hydrogen-bond donors (Lipinski definition) is 2. The van der Waals surface area contributed by atoms with Gasteiger partial charge in [-0.2, -0.15) is 4.99 Å². The zero-order chi connectivity index (χ0) is 10.7. The third-order valence-corrected chi connectivity index (χ3v) is 2.53. The van der Waals surface area contributed by atoms with Crippen molar-refractivity contribution >= 4 is 40.2 Å². The first-order valence-corrected chi connectivity index (χ1v) is 4.70. The Hall–Kier alpha value is -1.07. The van der Waals surface area contributed by atoms with E-state index in [0.717, 1.165) is 10.0 Å². The van der Waals surface area contributed by atoms with Crippen LogP contribution in [0.25, 0.3) is 0 Å². The lowest BCUT2D eigenvalue weighted by atomic mass is 10.1. The van der Waals surface area contributed by atoms with Crippen molar-refractivity contribution in [2.45, 2.75) is 6.92 Å². The molecule has 0 heterocycles. The van der Waals surface area contributed by atoms with Crippen molar-refractivity contribution < 1.29 is 4.79 Å². The molecule has 0 aliphatic heterocycles. The molecule has 0 bridgehead atoms. The third-order valence-electron chi connectivity index (χ3n) is 1.64. The van der Waals surface area contributed by atoms with E-state index in [1.54, 1.807) is 18.2 Å². The maximum Gasteiger partial charge on any atom is 0.280 e. The highest BCUT2D eigenvalue weighted by Crippen LogP contribution is 2.17. The third kappa shape index (κ3) is 3.89. The van der Waals surface area contributed by atoms with Crippen LogP contribution < -0.4 is 11.5 Å². The zero-order valence-electron chi connectivity index (χ0n) is 8.03. The van der Waals surface area contributed by atoms with Crippen LogP contribution in [0.15, 0.2) is 27.7 Å². The predicted octanol–water partition coefficient (Wildman–Crippen LogP) is 1.59. The van der Waals surface area contributed by atoms with E-state index in [0.29, 0.717) is 5.56 Å². The van der Waals surface area contributed by atoms with E-state index in [-0.39, 0.29) is 18.4 Å². The quantitative estimate of drug-likeness (QED) is 0.609. The molecule has 1 rings (SSSR count). The summed E-state index contributed by atoms with van der Waals surface area (Å²) in [7, 11) is 0. The van der Waals surface area contributed by atoms with Gasteiger partial charge >= 0.3 is 0 Å². The van der Waals surface area contributed by atoms with Crippen molar-refractivity contribution in [3.63, 3.8) is 0 Å². The van der Waals surface area contributed by atoms with E-state index >= 15 is 0 Å². The van der Waals surface area contributed by atoms with Gasteiger partial charge in [-0.1, -0.05) is 15.9 Å². The van der Waals surface area contributed by atoms with E-state index in [9.17, 15) is 4.79 Å². The lowest BCUT2D eigenvalue weighted by Crippen LogP contribution is -2.24. The number of nitrogens with zero attached hydrogens (tertiary/aromatic N) is 1. The Bertz CT molecular complexity index is 402. The number of rotatable bonds is 1. The Morgan fingerprint density at radius 1 is 1.40 bits per heavy atom. The van der Waals surface area contributed by atoms with Crippen LogP contribution in [-0.4, -0.2) is 11.9 Å². The van der Waals surface area contributed by atoms with E-state index < -0.39 is 5.91 Å². The van der Waals surface area contributed by atoms with Gasteiger partial charge in [0.25, 0.3) is 5.91 Å². The van der Waals surface area contributed by atoms with Crippen LogP contribution in [0.2, 0.25) is 0 Å². The summed E-state index contributed by atoms with van der Waals surface area (Å²) in [6.07, 6.45) is 0. The minimum absolute atomic E-state index is 0. The molecule has 1 aromatic rings. The summed E-state index contributed by atoms with van der Waals surface area (Å²) in [6.45, 7) is 1.89. The minimum Gasteiger partial charge on any atom is -0.370 e. The van der Waals surface area contributed by atoms with Crippen molar-refractivity contribution in [3.05, 3.63) is 33.8 Å². The summed E-state index contributed by atoms with van der Waals surface area (Å²) >= 11 is 3.33. The summed E-state index contributed by atoms with van der Waals surface area (Å²) < 4.78 is 0.943. The van der Waals surface area contributed by atoms with Crippen molar-refractivity contribution in [2.24, 2.45) is 16.5 Å². The van der Waals surface area contributed by atoms with Gasteiger partial charge in [-0.3, -0.25) is 4.79 Å². The number of carbonyl (C=O) groups is 1. The number of hydrogen-bond acceptors (Lipinski definition) is 1. The highest BCUT2D eigenvalue weighted by molar-refractivity contribution is 9.10. The van der Waals surface area contributed by atoms with Gasteiger partial charge in [0.2, 0.25) is 0 Å². The number of carbonyl (C=O) groups excluding carboxylic acids is 1. The summed E-state index contributed by atoms with van der Waals surface area (Å²) in [6, 6.07) is 5.16. The van der Waals surface area contributed by atoms with Gasteiger partial charge in [-0.25, -0.2) is 0 Å². The average Bonchev–Trinajstić information content (AvgIpc) is 2.08. The van der Waals surface area contributed by atoms with Crippen LogP contribution in [0.3, 0.4) is 0 Å². The van der Waals surface area contributed by atoms with Gasteiger partial charge in [0.05, 0.1) is 0 Å². The normalized spacial score (nSPS) is 8.93. The minimum atomic E-state index is -0.430. The second kappa shape index (κ2) is 5.72. The van der Waals surface area contributed by atoms with Gasteiger partial charge < -0.3 is 11.5 Å². The Morgan fingerprint density at radius 2 is 2.00 bits per heavy atom. The molecule has 82 valence electrons. The lowest BCUT2D eigenvalue weighted by molar-refractivity contribution is 0.100. The molecule has 4 nitrogen and oxygen atoms in total. The first-order valence-electron chi connectivity index (χ1n) is 3.91. The fraction of sp³-hybridized carbons (Fsp3) is 0.111. The molecule has 1 amide bonds. The summed E-state index contributed by atoms with van der Waals surface area (Å²) in [5.41, 5.74) is 11.6. The first kappa shape index (κ1) is 13.9. The van der Waals surface area contributed by atoms with Crippen LogP contribution in [0.5, 0.6) is 0 Å². The van der Waals surface area contributed by atoms with Gasteiger partial charge in [0.15, 0.2) is 5.96 Å². The molecular formula is C9H11BrClN3O. The highest BCUT2D eigenvalue weighted by atomic mass is 79.9. The molecule has 0 unspecified atom stereocenters. The molecule has 0 saturated carbocycles. The van der Waals surface area contributed by atoms with Crippen molar-refractivity contribution in [1.82, 2.24) is 0 Å². The fourth-order valence-corrected chi connectivity index (χ4v) is 1.21. The van der Waals surface area contributed by atoms with Crippen molar-refractivity contribution in [2.75, 3.05) is 0 Å². The monoisotopic (exact) mass is 291 g/mol. The number of aryl methyl sites for hydroxylation is 1. The van der Waals surface area contributed by atoms with E-state index in [2.05, 4.69) is 20.9 Å². The van der Waals surface area contributed by atoms with Crippen molar-refractivity contribution in [1.29, 1.82) is 0 Å². The number of nitrogens with two attached hydrogens (primary N) is 2. The summed E-state index contributed by atoms with van der Waals surface area (Å²) in [5, 5.41) is 0. The Balaban J connectivity index is 0.00000196. The molecule has 4 N–H and O–H groups in total. The Morgan fingerprint density at radius 3 is 2.47 bits per heavy atom. The molecule has 0 atom stereocenters. The van der Waals surface area contributed by atoms with E-state index in [4.69, 9.17) is 11.5 Å². The van der Waals surface area contributed by atoms with Crippen LogP contribution >= 0.6 is 28.3 Å². The molecular weight excluding hydrogens is 281 g/mol. The van der Waals surface area contributed by atoms with Gasteiger partial charge in [0.1, 0.15) is 0 Å². The van der Waals surface area contributed by atoms with Gasteiger partial charge in [-0.05, 0) is 30.7 Å². The molecule has 0 saturated heterocycles. The van der Waals surface area contributed by atoms with Crippen LogP contribution in [0.1, 0.15) is 15.9 Å². The van der Waals surface area contributed by atoms with Crippen LogP contribution in [0, 0.1) is 6.92 Å². The molecule has 0 fully saturated rings. The number of aliphatic imine (C=N–C) groups is 1. The predicted molar refractivity (Wildman–Crippen MR) is 66.3 cm³/mol. The molecule has 0 aliphatic carbocycles. The maximum absolute atomic E-state index is 11.4. The Kier molecular flexibility index (Phi) is 5.32. The molecule has 0 radical (unpaired) electrons. The van der Waals surface area contributed by atoms with E-state index in [1.165, 1.54) is 0 Å². The van der Waals surface area contributed by atoms with Crippen LogP contribution in [-0.2, 0) is 0 Å². The van der Waals surface area contributed by atoms with Gasteiger partial charge in [-0.15, -0.1) is 12.4 Å². The average molecular weight is 293 g/mol. The second-order valence-corrected chi connectivity index (χ2v) is 3.66. The number of halogens is 2. The van der Waals surface area contributed by atoms with Crippen LogP contribution in [0.4, 0.5) is 0 Å². The summed E-state index contributed by atoms with van der Waals surface area (Å²) in [4.78, 5) is 14.8. The molecule has 6 heteroatoms. The lowest BCUT2D eigenvalue weighted by Gasteiger charge is -2.00. The van der Waals surface area contributed by atoms with Crippen molar-refractivity contribution in [3.8, 4) is 0 Å². The number of benzene rings is 1. The largest absolute Gasteiger partial charge is 0.370 e. The van der Waals surface area contributed by atoms with E-state index in [1.807, 2.05) is 6.92 Å². The highest BCUT2D eigenvalue weighted by Gasteiger charge is 2.05. The smallest absolute Gasteiger partial charge is 0.280 e. The summed E-state index contributed by atoms with van der Waals surface area (Å²) in [5.74, 6) is -0.656. The molecule has 0 aliphatic rings. The topological polar surface area (TPSA) is 81.5 Å². The molecule has 15 heavy (non-hydrogen) atoms. The van der Waals surface area contributed by atoms with Gasteiger partial charge in [0, 0.05) is 10.0 Å². The fourth-order valence-electron chi connectivity index (χ4n) is 0.960. The first-order chi connectivity index (χ1) is 6.50. The molecule has 0 spiro atoms. The number of guanidine groups is 1.